The zero-order chi connectivity index (χ0) is 26.1. The first-order valence-corrected chi connectivity index (χ1v) is 15.3. The highest BCUT2D eigenvalue weighted by atomic mass is 14.2. The average Bonchev–Trinajstić information content (AvgIpc) is 2.79. The van der Waals surface area contributed by atoms with Crippen LogP contribution in [0.2, 0.25) is 0 Å². The van der Waals surface area contributed by atoms with E-state index in [0.29, 0.717) is 0 Å². The molecule has 0 spiro atoms. The third-order valence-electron chi connectivity index (χ3n) is 8.35. The van der Waals surface area contributed by atoms with Gasteiger partial charge in [0.1, 0.15) is 0 Å². The van der Waals surface area contributed by atoms with E-state index in [1.54, 1.807) is 16.7 Å². The van der Waals surface area contributed by atoms with E-state index in [1.165, 1.54) is 108 Å². The van der Waals surface area contributed by atoms with Gasteiger partial charge in [0.2, 0.25) is 0 Å². The summed E-state index contributed by atoms with van der Waals surface area (Å²) in [6.45, 7) is 20.9. The SMILES string of the molecule is C=C(CCC=C(C)CCC=C(C)CCC[C@@H](C)CCC[C@@H](C)CCCC(C)C)[C@H]1CC=C(C)CC1. The van der Waals surface area contributed by atoms with Crippen LogP contribution in [-0.4, -0.2) is 0 Å². The summed E-state index contributed by atoms with van der Waals surface area (Å²) in [5.74, 6) is 3.40. The summed E-state index contributed by atoms with van der Waals surface area (Å²) in [7, 11) is 0. The van der Waals surface area contributed by atoms with Gasteiger partial charge < -0.3 is 0 Å². The van der Waals surface area contributed by atoms with Gasteiger partial charge in [-0.15, -0.1) is 0 Å². The van der Waals surface area contributed by atoms with Gasteiger partial charge in [0.05, 0.1) is 0 Å². The molecule has 3 atom stereocenters. The highest BCUT2D eigenvalue weighted by molar-refractivity contribution is 5.13. The van der Waals surface area contributed by atoms with Crippen molar-refractivity contribution in [3.05, 3.63) is 47.1 Å². The second-order valence-electron chi connectivity index (χ2n) is 12.7. The van der Waals surface area contributed by atoms with E-state index in [-0.39, 0.29) is 0 Å². The molecule has 1 aliphatic rings. The van der Waals surface area contributed by atoms with E-state index >= 15 is 0 Å². The quantitative estimate of drug-likeness (QED) is 0.161. The fourth-order valence-electron chi connectivity index (χ4n) is 5.50. The number of rotatable bonds is 19. The standard InChI is InChI=1S/C35H62/c1-28(2)14-9-15-29(3)16-10-17-30(4)18-11-19-31(5)20-12-21-32(6)22-13-23-34(8)35-26-24-33(7)25-27-35/h20,22,24,28-30,35H,8-19,21,23,25-27H2,1-7H3/t29-,30-,35-/m0/s1. The minimum atomic E-state index is 0.726. The van der Waals surface area contributed by atoms with E-state index < -0.39 is 0 Å². The Morgan fingerprint density at radius 2 is 1.37 bits per heavy atom. The monoisotopic (exact) mass is 482 g/mol. The van der Waals surface area contributed by atoms with Crippen molar-refractivity contribution in [3.63, 3.8) is 0 Å². The molecule has 0 aliphatic heterocycles. The lowest BCUT2D eigenvalue weighted by molar-refractivity contribution is 0.389. The molecule has 0 N–H and O–H groups in total. The Morgan fingerprint density at radius 3 is 1.94 bits per heavy atom. The number of hydrogen-bond donors (Lipinski definition) is 0. The summed E-state index contributed by atoms with van der Waals surface area (Å²) in [6.07, 6.45) is 28.5. The molecule has 0 bridgehead atoms. The summed E-state index contributed by atoms with van der Waals surface area (Å²) in [6, 6.07) is 0. The molecule has 0 fully saturated rings. The maximum absolute atomic E-state index is 4.40. The van der Waals surface area contributed by atoms with Crippen LogP contribution in [0.3, 0.4) is 0 Å². The summed E-state index contributed by atoms with van der Waals surface area (Å²) in [4.78, 5) is 0. The minimum Gasteiger partial charge on any atom is -0.0996 e. The second-order valence-corrected chi connectivity index (χ2v) is 12.7. The van der Waals surface area contributed by atoms with Crippen LogP contribution in [0.1, 0.15) is 151 Å². The van der Waals surface area contributed by atoms with Crippen molar-refractivity contribution >= 4 is 0 Å². The number of hydrogen-bond acceptors (Lipinski definition) is 0. The van der Waals surface area contributed by atoms with Crippen LogP contribution in [0.5, 0.6) is 0 Å². The van der Waals surface area contributed by atoms with Crippen molar-refractivity contribution in [3.8, 4) is 0 Å². The van der Waals surface area contributed by atoms with Crippen molar-refractivity contribution in [2.75, 3.05) is 0 Å². The molecule has 0 saturated heterocycles. The lowest BCUT2D eigenvalue weighted by Gasteiger charge is -2.22. The normalized spacial score (nSPS) is 19.1. The summed E-state index contributed by atoms with van der Waals surface area (Å²) in [5, 5.41) is 0. The van der Waals surface area contributed by atoms with Crippen molar-refractivity contribution in [1.82, 2.24) is 0 Å². The summed E-state index contributed by atoms with van der Waals surface area (Å²) < 4.78 is 0. The highest BCUT2D eigenvalue weighted by Crippen LogP contribution is 2.30. The third kappa shape index (κ3) is 17.1. The van der Waals surface area contributed by atoms with E-state index in [9.17, 15) is 0 Å². The molecule has 202 valence electrons. The maximum atomic E-state index is 4.40. The second kappa shape index (κ2) is 19.1. The molecule has 0 radical (unpaired) electrons. The van der Waals surface area contributed by atoms with Gasteiger partial charge in [-0.1, -0.05) is 120 Å². The van der Waals surface area contributed by atoms with E-state index in [1.807, 2.05) is 0 Å². The van der Waals surface area contributed by atoms with Gasteiger partial charge in [0.25, 0.3) is 0 Å². The predicted octanol–water partition coefficient (Wildman–Crippen LogP) is 12.2. The Labute approximate surface area is 221 Å². The smallest absolute Gasteiger partial charge is 0.0168 e. The first kappa shape index (κ1) is 32.0. The van der Waals surface area contributed by atoms with Gasteiger partial charge in [-0.25, -0.2) is 0 Å². The molecule has 0 unspecified atom stereocenters. The fraction of sp³-hybridized carbons (Fsp3) is 0.771. The zero-order valence-corrected chi connectivity index (χ0v) is 25.1. The van der Waals surface area contributed by atoms with Crippen LogP contribution in [0.25, 0.3) is 0 Å². The molecule has 0 aromatic carbocycles. The third-order valence-corrected chi connectivity index (χ3v) is 8.35. The van der Waals surface area contributed by atoms with Crippen molar-refractivity contribution in [2.45, 2.75) is 151 Å². The average molecular weight is 483 g/mol. The summed E-state index contributed by atoms with van der Waals surface area (Å²) in [5.41, 5.74) is 6.18. The van der Waals surface area contributed by atoms with Gasteiger partial charge in [-0.3, -0.25) is 0 Å². The van der Waals surface area contributed by atoms with Crippen molar-refractivity contribution < 1.29 is 0 Å². The Bertz CT molecular complexity index is 656. The van der Waals surface area contributed by atoms with Crippen molar-refractivity contribution in [1.29, 1.82) is 0 Å². The molecule has 0 heterocycles. The Balaban J connectivity index is 2.09. The first-order chi connectivity index (χ1) is 16.7. The van der Waals surface area contributed by atoms with E-state index in [4.69, 9.17) is 0 Å². The van der Waals surface area contributed by atoms with Gasteiger partial charge in [0.15, 0.2) is 0 Å². The van der Waals surface area contributed by atoms with Crippen LogP contribution in [0.4, 0.5) is 0 Å². The predicted molar refractivity (Wildman–Crippen MR) is 161 cm³/mol. The van der Waals surface area contributed by atoms with Crippen LogP contribution in [0, 0.1) is 23.7 Å². The molecule has 0 heteroatoms. The van der Waals surface area contributed by atoms with Crippen LogP contribution < -0.4 is 0 Å². The zero-order valence-electron chi connectivity index (χ0n) is 25.1. The lowest BCUT2D eigenvalue weighted by Crippen LogP contribution is -2.07. The van der Waals surface area contributed by atoms with Crippen LogP contribution in [-0.2, 0) is 0 Å². The van der Waals surface area contributed by atoms with Crippen LogP contribution in [0.15, 0.2) is 47.1 Å². The molecular formula is C35H62. The molecule has 0 nitrogen and oxygen atoms in total. The van der Waals surface area contributed by atoms with E-state index in [0.717, 1.165) is 23.7 Å². The number of allylic oxidation sites excluding steroid dienone is 7. The maximum Gasteiger partial charge on any atom is -0.0168 e. The Kier molecular flexibility index (Phi) is 17.5. The molecule has 0 aromatic heterocycles. The van der Waals surface area contributed by atoms with Crippen LogP contribution >= 0.6 is 0 Å². The van der Waals surface area contributed by atoms with Gasteiger partial charge in [-0.05, 0) is 102 Å². The van der Waals surface area contributed by atoms with Gasteiger partial charge in [-0.2, -0.15) is 0 Å². The fourth-order valence-corrected chi connectivity index (χ4v) is 5.50. The Morgan fingerprint density at radius 1 is 0.829 bits per heavy atom. The largest absolute Gasteiger partial charge is 0.0996 e. The minimum absolute atomic E-state index is 0.726. The molecule has 0 saturated carbocycles. The highest BCUT2D eigenvalue weighted by Gasteiger charge is 2.14. The van der Waals surface area contributed by atoms with Gasteiger partial charge >= 0.3 is 0 Å². The molecular weight excluding hydrogens is 420 g/mol. The van der Waals surface area contributed by atoms with E-state index in [2.05, 4.69) is 73.3 Å². The molecule has 1 rings (SSSR count). The van der Waals surface area contributed by atoms with Crippen molar-refractivity contribution in [2.24, 2.45) is 23.7 Å². The topological polar surface area (TPSA) is 0 Å². The molecule has 1 aliphatic carbocycles. The lowest BCUT2D eigenvalue weighted by atomic mass is 9.83. The first-order valence-electron chi connectivity index (χ1n) is 15.3. The summed E-state index contributed by atoms with van der Waals surface area (Å²) >= 11 is 0. The molecule has 0 amide bonds. The Hall–Kier alpha value is -1.04. The molecule has 35 heavy (non-hydrogen) atoms. The molecule has 0 aromatic rings. The van der Waals surface area contributed by atoms with Gasteiger partial charge in [0, 0.05) is 0 Å².